The smallest absolute Gasteiger partial charge is 0.227 e. The van der Waals surface area contributed by atoms with Crippen LogP contribution >= 0.6 is 12.4 Å². The van der Waals surface area contributed by atoms with Crippen LogP contribution in [0.2, 0.25) is 0 Å². The largest absolute Gasteiger partial charge is 0.464 e. The highest BCUT2D eigenvalue weighted by atomic mass is 35.5. The molecular formula is C19H27ClN2O2. The number of furan rings is 1. The lowest BCUT2D eigenvalue weighted by atomic mass is 9.96. The molecule has 1 aromatic carbocycles. The van der Waals surface area contributed by atoms with Gasteiger partial charge in [-0.3, -0.25) is 4.79 Å². The number of aryl methyl sites for hydroxylation is 2. The highest BCUT2D eigenvalue weighted by Crippen LogP contribution is 2.27. The molecule has 1 saturated heterocycles. The number of benzene rings is 1. The maximum Gasteiger partial charge on any atom is 0.227 e. The van der Waals surface area contributed by atoms with E-state index in [1.807, 2.05) is 11.9 Å². The maximum absolute atomic E-state index is 12.6. The minimum Gasteiger partial charge on any atom is -0.464 e. The molecule has 1 aliphatic rings. The van der Waals surface area contributed by atoms with Crippen molar-refractivity contribution in [1.29, 1.82) is 0 Å². The van der Waals surface area contributed by atoms with Crippen LogP contribution in [0.1, 0.15) is 29.5 Å². The van der Waals surface area contributed by atoms with Crippen LogP contribution in [-0.4, -0.2) is 37.5 Å². The summed E-state index contributed by atoms with van der Waals surface area (Å²) in [6.45, 7) is 6.95. The fourth-order valence-electron chi connectivity index (χ4n) is 3.48. The third-order valence-electron chi connectivity index (χ3n) is 5.14. The van der Waals surface area contributed by atoms with Crippen LogP contribution in [0.15, 0.2) is 22.8 Å². The summed E-state index contributed by atoms with van der Waals surface area (Å²) < 4.78 is 5.72. The van der Waals surface area contributed by atoms with Gasteiger partial charge in [0.05, 0.1) is 12.7 Å². The van der Waals surface area contributed by atoms with Crippen molar-refractivity contribution in [3.8, 4) is 0 Å². The van der Waals surface area contributed by atoms with Crippen molar-refractivity contribution in [1.82, 2.24) is 10.2 Å². The molecule has 1 aliphatic heterocycles. The molecule has 0 aliphatic carbocycles. The molecule has 2 heterocycles. The van der Waals surface area contributed by atoms with Gasteiger partial charge in [0.2, 0.25) is 5.91 Å². The van der Waals surface area contributed by atoms with Gasteiger partial charge in [-0.2, -0.15) is 0 Å². The third kappa shape index (κ3) is 3.76. The number of likely N-dealkylation sites (tertiary alicyclic amines) is 1. The standard InChI is InChI=1S/C19H26N2O2.ClH/c1-13-4-5-17-16(12-23-19(17)14(13)2)10-18(22)21-8-6-15(7-9-21)11-20-3;/h4-5,12,15,20H,6-11H2,1-3H3;1H. The highest BCUT2D eigenvalue weighted by molar-refractivity contribution is 5.89. The zero-order valence-electron chi connectivity index (χ0n) is 14.7. The van der Waals surface area contributed by atoms with E-state index in [1.54, 1.807) is 6.26 Å². The molecule has 1 fully saturated rings. The zero-order valence-corrected chi connectivity index (χ0v) is 15.5. The molecule has 0 atom stereocenters. The first-order valence-corrected chi connectivity index (χ1v) is 8.48. The Labute approximate surface area is 150 Å². The molecule has 1 N–H and O–H groups in total. The lowest BCUT2D eigenvalue weighted by Crippen LogP contribution is -2.41. The summed E-state index contributed by atoms with van der Waals surface area (Å²) in [6, 6.07) is 4.17. The van der Waals surface area contributed by atoms with Gasteiger partial charge in [-0.05, 0) is 57.3 Å². The van der Waals surface area contributed by atoms with E-state index >= 15 is 0 Å². The molecule has 2 aromatic rings. The number of nitrogens with zero attached hydrogens (tertiary/aromatic N) is 1. The van der Waals surface area contributed by atoms with E-state index < -0.39 is 0 Å². The van der Waals surface area contributed by atoms with Crippen molar-refractivity contribution in [3.63, 3.8) is 0 Å². The maximum atomic E-state index is 12.6. The number of amides is 1. The van der Waals surface area contributed by atoms with Crippen molar-refractivity contribution in [2.75, 3.05) is 26.7 Å². The summed E-state index contributed by atoms with van der Waals surface area (Å²) in [7, 11) is 1.99. The van der Waals surface area contributed by atoms with Crippen LogP contribution in [0.4, 0.5) is 0 Å². The van der Waals surface area contributed by atoms with Gasteiger partial charge in [0.25, 0.3) is 0 Å². The van der Waals surface area contributed by atoms with Crippen molar-refractivity contribution in [2.45, 2.75) is 33.1 Å². The number of hydrogen-bond donors (Lipinski definition) is 1. The SMILES string of the molecule is CNCC1CCN(C(=O)Cc2coc3c(C)c(C)ccc23)CC1.Cl. The first-order valence-electron chi connectivity index (χ1n) is 8.48. The topological polar surface area (TPSA) is 45.5 Å². The van der Waals surface area contributed by atoms with Crippen LogP contribution in [0.3, 0.4) is 0 Å². The molecule has 24 heavy (non-hydrogen) atoms. The van der Waals surface area contributed by atoms with Gasteiger partial charge in [-0.15, -0.1) is 12.4 Å². The normalized spacial score (nSPS) is 15.5. The summed E-state index contributed by atoms with van der Waals surface area (Å²) in [4.78, 5) is 14.6. The minimum absolute atomic E-state index is 0. The number of fused-ring (bicyclic) bond motifs is 1. The monoisotopic (exact) mass is 350 g/mol. The molecule has 4 nitrogen and oxygen atoms in total. The average Bonchev–Trinajstić information content (AvgIpc) is 2.95. The molecule has 0 saturated carbocycles. The fraction of sp³-hybridized carbons (Fsp3) is 0.526. The number of rotatable bonds is 4. The Morgan fingerprint density at radius 2 is 2.00 bits per heavy atom. The second-order valence-electron chi connectivity index (χ2n) is 6.70. The van der Waals surface area contributed by atoms with Crippen LogP contribution in [0, 0.1) is 19.8 Å². The number of halogens is 1. The quantitative estimate of drug-likeness (QED) is 0.918. The van der Waals surface area contributed by atoms with E-state index in [0.717, 1.165) is 54.6 Å². The Bertz CT molecular complexity index is 703. The second kappa shape index (κ2) is 8.04. The van der Waals surface area contributed by atoms with Crippen molar-refractivity contribution in [3.05, 3.63) is 35.1 Å². The van der Waals surface area contributed by atoms with Gasteiger partial charge < -0.3 is 14.6 Å². The summed E-state index contributed by atoms with van der Waals surface area (Å²) in [5.41, 5.74) is 4.30. The molecule has 1 amide bonds. The number of hydrogen-bond acceptors (Lipinski definition) is 3. The summed E-state index contributed by atoms with van der Waals surface area (Å²) >= 11 is 0. The first kappa shape index (κ1) is 18.8. The predicted octanol–water partition coefficient (Wildman–Crippen LogP) is 3.47. The molecule has 3 rings (SSSR count). The molecule has 5 heteroatoms. The molecule has 132 valence electrons. The first-order chi connectivity index (χ1) is 11.1. The Morgan fingerprint density at radius 3 is 2.67 bits per heavy atom. The van der Waals surface area contributed by atoms with E-state index in [1.165, 1.54) is 5.56 Å². The molecule has 0 bridgehead atoms. The number of carbonyl (C=O) groups excluding carboxylic acids is 1. The summed E-state index contributed by atoms with van der Waals surface area (Å²) in [5, 5.41) is 4.31. The van der Waals surface area contributed by atoms with Gasteiger partial charge in [0.1, 0.15) is 5.58 Å². The summed E-state index contributed by atoms with van der Waals surface area (Å²) in [5.74, 6) is 0.915. The van der Waals surface area contributed by atoms with Gasteiger partial charge in [0, 0.05) is 24.0 Å². The lowest BCUT2D eigenvalue weighted by molar-refractivity contribution is -0.131. The Hall–Kier alpha value is -1.52. The van der Waals surface area contributed by atoms with Crippen LogP contribution in [0.5, 0.6) is 0 Å². The second-order valence-corrected chi connectivity index (χ2v) is 6.70. The van der Waals surface area contributed by atoms with E-state index in [-0.39, 0.29) is 18.3 Å². The van der Waals surface area contributed by atoms with Gasteiger partial charge in [0.15, 0.2) is 0 Å². The number of piperidine rings is 1. The van der Waals surface area contributed by atoms with E-state index in [0.29, 0.717) is 12.3 Å². The van der Waals surface area contributed by atoms with Gasteiger partial charge in [-0.1, -0.05) is 12.1 Å². The van der Waals surface area contributed by atoms with Gasteiger partial charge >= 0.3 is 0 Å². The van der Waals surface area contributed by atoms with Crippen molar-refractivity contribution in [2.24, 2.45) is 5.92 Å². The average molecular weight is 351 g/mol. The lowest BCUT2D eigenvalue weighted by Gasteiger charge is -2.32. The van der Waals surface area contributed by atoms with Crippen molar-refractivity contribution < 1.29 is 9.21 Å². The fourth-order valence-corrected chi connectivity index (χ4v) is 3.48. The van der Waals surface area contributed by atoms with Crippen LogP contribution in [-0.2, 0) is 11.2 Å². The Kier molecular flexibility index (Phi) is 6.30. The highest BCUT2D eigenvalue weighted by Gasteiger charge is 2.23. The molecule has 0 spiro atoms. The summed E-state index contributed by atoms with van der Waals surface area (Å²) in [6.07, 6.45) is 4.38. The van der Waals surface area contributed by atoms with Crippen LogP contribution in [0.25, 0.3) is 11.0 Å². The molecule has 0 radical (unpaired) electrons. The van der Waals surface area contributed by atoms with E-state index in [4.69, 9.17) is 4.42 Å². The molecular weight excluding hydrogens is 324 g/mol. The van der Waals surface area contributed by atoms with Gasteiger partial charge in [-0.25, -0.2) is 0 Å². The minimum atomic E-state index is 0. The van der Waals surface area contributed by atoms with E-state index in [9.17, 15) is 4.79 Å². The molecule has 1 aromatic heterocycles. The van der Waals surface area contributed by atoms with Crippen LogP contribution < -0.4 is 5.32 Å². The van der Waals surface area contributed by atoms with E-state index in [2.05, 4.69) is 31.3 Å². The number of nitrogens with one attached hydrogen (secondary N) is 1. The third-order valence-corrected chi connectivity index (χ3v) is 5.14. The predicted molar refractivity (Wildman–Crippen MR) is 99.9 cm³/mol. The Balaban J connectivity index is 0.00000208. The number of carbonyl (C=O) groups is 1. The van der Waals surface area contributed by atoms with Crippen molar-refractivity contribution >= 4 is 29.3 Å². The molecule has 0 unspecified atom stereocenters. The Morgan fingerprint density at radius 1 is 1.29 bits per heavy atom. The zero-order chi connectivity index (χ0) is 16.4.